The van der Waals surface area contributed by atoms with Gasteiger partial charge in [-0.25, -0.2) is 0 Å². The smallest absolute Gasteiger partial charge is 0.0410 e. The molecule has 3 rings (SSSR count). The van der Waals surface area contributed by atoms with Gasteiger partial charge in [-0.3, -0.25) is 0 Å². The van der Waals surface area contributed by atoms with Crippen LogP contribution in [-0.2, 0) is 0 Å². The second-order valence-electron chi connectivity index (χ2n) is 6.20. The van der Waals surface area contributed by atoms with Crippen molar-refractivity contribution in [1.82, 2.24) is 0 Å². The topological polar surface area (TPSA) is 78.1 Å². The third kappa shape index (κ3) is 2.85. The lowest BCUT2D eigenvalue weighted by molar-refractivity contribution is 0.529. The summed E-state index contributed by atoms with van der Waals surface area (Å²) in [6.45, 7) is 2.10. The van der Waals surface area contributed by atoms with E-state index in [1.807, 2.05) is 18.2 Å². The lowest BCUT2D eigenvalue weighted by Gasteiger charge is -2.29. The molecule has 2 unspecified atom stereocenters. The van der Waals surface area contributed by atoms with Crippen molar-refractivity contribution in [3.63, 3.8) is 0 Å². The minimum atomic E-state index is 0.111. The standard InChI is InChI=1S/C19H23N3/c1-12-2-4-13(5-3-12)16-8-6-14(10-18(16)21)17-9-7-15(20)11-19(17)22/h2-7,9,11,16,18H,8,10,20-22H2,1H3. The molecule has 0 radical (unpaired) electrons. The van der Waals surface area contributed by atoms with Crippen LogP contribution in [0.4, 0.5) is 11.4 Å². The van der Waals surface area contributed by atoms with Crippen LogP contribution in [0.3, 0.4) is 0 Å². The maximum absolute atomic E-state index is 6.45. The monoisotopic (exact) mass is 293 g/mol. The van der Waals surface area contributed by atoms with Gasteiger partial charge in [-0.1, -0.05) is 42.0 Å². The van der Waals surface area contributed by atoms with Crippen molar-refractivity contribution in [2.24, 2.45) is 5.73 Å². The van der Waals surface area contributed by atoms with Gasteiger partial charge in [0.1, 0.15) is 0 Å². The summed E-state index contributed by atoms with van der Waals surface area (Å²) >= 11 is 0. The van der Waals surface area contributed by atoms with Gasteiger partial charge >= 0.3 is 0 Å². The van der Waals surface area contributed by atoms with Gasteiger partial charge in [0.15, 0.2) is 0 Å². The Morgan fingerprint density at radius 3 is 2.36 bits per heavy atom. The Morgan fingerprint density at radius 2 is 1.73 bits per heavy atom. The van der Waals surface area contributed by atoms with Crippen molar-refractivity contribution in [2.45, 2.75) is 31.7 Å². The summed E-state index contributed by atoms with van der Waals surface area (Å²) in [5, 5.41) is 0. The molecule has 1 aliphatic carbocycles. The van der Waals surface area contributed by atoms with Gasteiger partial charge in [-0.2, -0.15) is 0 Å². The van der Waals surface area contributed by atoms with Crippen molar-refractivity contribution in [3.8, 4) is 0 Å². The Balaban J connectivity index is 1.85. The summed E-state index contributed by atoms with van der Waals surface area (Å²) in [6, 6.07) is 14.5. The number of anilines is 2. The quantitative estimate of drug-likeness (QED) is 0.742. The zero-order chi connectivity index (χ0) is 15.7. The van der Waals surface area contributed by atoms with Crippen LogP contribution in [0.1, 0.15) is 35.4 Å². The number of nitrogens with two attached hydrogens (primary N) is 3. The molecule has 0 heterocycles. The molecule has 0 fully saturated rings. The molecule has 0 spiro atoms. The molecular formula is C19H23N3. The van der Waals surface area contributed by atoms with E-state index in [0.29, 0.717) is 11.6 Å². The van der Waals surface area contributed by atoms with Crippen molar-refractivity contribution in [3.05, 3.63) is 65.2 Å². The van der Waals surface area contributed by atoms with Gasteiger partial charge in [-0.15, -0.1) is 0 Å². The number of hydrogen-bond donors (Lipinski definition) is 3. The molecule has 3 nitrogen and oxygen atoms in total. The number of benzene rings is 2. The maximum atomic E-state index is 6.45. The van der Waals surface area contributed by atoms with Gasteiger partial charge in [0, 0.05) is 28.9 Å². The Labute approximate surface area is 131 Å². The average Bonchev–Trinajstić information content (AvgIpc) is 2.48. The highest BCUT2D eigenvalue weighted by molar-refractivity contribution is 5.78. The largest absolute Gasteiger partial charge is 0.399 e. The van der Waals surface area contributed by atoms with Crippen LogP contribution in [0.2, 0.25) is 0 Å². The summed E-state index contributed by atoms with van der Waals surface area (Å²) in [7, 11) is 0. The Kier molecular flexibility index (Phi) is 3.90. The summed E-state index contributed by atoms with van der Waals surface area (Å²) in [4.78, 5) is 0. The van der Waals surface area contributed by atoms with E-state index in [2.05, 4.69) is 37.3 Å². The van der Waals surface area contributed by atoms with E-state index < -0.39 is 0 Å². The molecule has 114 valence electrons. The molecular weight excluding hydrogens is 270 g/mol. The fourth-order valence-corrected chi connectivity index (χ4v) is 3.21. The molecule has 0 saturated carbocycles. The summed E-state index contributed by atoms with van der Waals surface area (Å²) in [6.07, 6.45) is 4.06. The van der Waals surface area contributed by atoms with Gasteiger partial charge in [0.25, 0.3) is 0 Å². The predicted octanol–water partition coefficient (Wildman–Crippen LogP) is 3.45. The van der Waals surface area contributed by atoms with E-state index >= 15 is 0 Å². The highest BCUT2D eigenvalue weighted by Gasteiger charge is 2.25. The Hall–Kier alpha value is -2.26. The normalized spacial score (nSPS) is 21.5. The van der Waals surface area contributed by atoms with Crippen LogP contribution >= 0.6 is 0 Å². The minimum Gasteiger partial charge on any atom is -0.399 e. The molecule has 0 saturated heterocycles. The molecule has 2 aromatic carbocycles. The van der Waals surface area contributed by atoms with Gasteiger partial charge < -0.3 is 17.2 Å². The van der Waals surface area contributed by atoms with Crippen LogP contribution in [0.25, 0.3) is 5.57 Å². The molecule has 6 N–H and O–H groups in total. The van der Waals surface area contributed by atoms with Crippen LogP contribution in [0.15, 0.2) is 48.5 Å². The van der Waals surface area contributed by atoms with E-state index in [4.69, 9.17) is 17.2 Å². The van der Waals surface area contributed by atoms with Gasteiger partial charge in [0.2, 0.25) is 0 Å². The van der Waals surface area contributed by atoms with Gasteiger partial charge in [-0.05, 0) is 43.0 Å². The second kappa shape index (κ2) is 5.85. The molecule has 0 amide bonds. The minimum absolute atomic E-state index is 0.111. The van der Waals surface area contributed by atoms with Crippen molar-refractivity contribution >= 4 is 16.9 Å². The third-order valence-corrected chi connectivity index (χ3v) is 4.52. The summed E-state index contributed by atoms with van der Waals surface area (Å²) < 4.78 is 0. The molecule has 3 heteroatoms. The SMILES string of the molecule is Cc1ccc(C2CC=C(c3ccc(N)cc3N)CC2N)cc1. The fraction of sp³-hybridized carbons (Fsp3) is 0.263. The molecule has 2 atom stereocenters. The van der Waals surface area contributed by atoms with E-state index in [1.165, 1.54) is 16.7 Å². The number of rotatable bonds is 2. The van der Waals surface area contributed by atoms with E-state index in [0.717, 1.165) is 24.1 Å². The van der Waals surface area contributed by atoms with E-state index in [9.17, 15) is 0 Å². The van der Waals surface area contributed by atoms with Crippen LogP contribution in [-0.4, -0.2) is 6.04 Å². The Morgan fingerprint density at radius 1 is 1.00 bits per heavy atom. The lowest BCUT2D eigenvalue weighted by atomic mass is 9.79. The van der Waals surface area contributed by atoms with Crippen molar-refractivity contribution in [2.75, 3.05) is 11.5 Å². The van der Waals surface area contributed by atoms with Crippen LogP contribution < -0.4 is 17.2 Å². The Bertz CT molecular complexity index is 701. The molecule has 1 aliphatic rings. The highest BCUT2D eigenvalue weighted by Crippen LogP contribution is 2.37. The first-order valence-corrected chi connectivity index (χ1v) is 7.71. The molecule has 2 aromatic rings. The lowest BCUT2D eigenvalue weighted by Crippen LogP contribution is -2.31. The number of allylic oxidation sites excluding steroid dienone is 1. The van der Waals surface area contributed by atoms with E-state index in [1.54, 1.807) is 0 Å². The number of aryl methyl sites for hydroxylation is 1. The number of nitrogen functional groups attached to an aromatic ring is 2. The molecule has 0 aliphatic heterocycles. The average molecular weight is 293 g/mol. The fourth-order valence-electron chi connectivity index (χ4n) is 3.21. The first-order valence-electron chi connectivity index (χ1n) is 7.71. The zero-order valence-electron chi connectivity index (χ0n) is 12.9. The van der Waals surface area contributed by atoms with Crippen LogP contribution in [0, 0.1) is 6.92 Å². The van der Waals surface area contributed by atoms with Crippen LogP contribution in [0.5, 0.6) is 0 Å². The zero-order valence-corrected chi connectivity index (χ0v) is 12.9. The first-order chi connectivity index (χ1) is 10.5. The summed E-state index contributed by atoms with van der Waals surface area (Å²) in [5.74, 6) is 0.374. The van der Waals surface area contributed by atoms with Crippen molar-refractivity contribution in [1.29, 1.82) is 0 Å². The predicted molar refractivity (Wildman–Crippen MR) is 94.4 cm³/mol. The maximum Gasteiger partial charge on any atom is 0.0410 e. The van der Waals surface area contributed by atoms with Gasteiger partial charge in [0.05, 0.1) is 0 Å². The second-order valence-corrected chi connectivity index (χ2v) is 6.20. The molecule has 0 aromatic heterocycles. The van der Waals surface area contributed by atoms with Crippen molar-refractivity contribution < 1.29 is 0 Å². The highest BCUT2D eigenvalue weighted by atomic mass is 14.7. The first kappa shape index (κ1) is 14.7. The summed E-state index contributed by atoms with van der Waals surface area (Å²) in [5.41, 5.74) is 24.6. The molecule has 0 bridgehead atoms. The third-order valence-electron chi connectivity index (χ3n) is 4.52. The number of hydrogen-bond acceptors (Lipinski definition) is 3. The van der Waals surface area contributed by atoms with E-state index in [-0.39, 0.29) is 6.04 Å². The molecule has 22 heavy (non-hydrogen) atoms.